The molecular formula is C11H18ClNO. The van der Waals surface area contributed by atoms with Gasteiger partial charge in [-0.1, -0.05) is 23.7 Å². The molecule has 0 aliphatic rings. The van der Waals surface area contributed by atoms with E-state index >= 15 is 0 Å². The fraction of sp³-hybridized carbons (Fsp3) is 0.455. The van der Waals surface area contributed by atoms with Gasteiger partial charge in [-0.15, -0.1) is 0 Å². The van der Waals surface area contributed by atoms with Gasteiger partial charge in [-0.2, -0.15) is 0 Å². The molecule has 0 spiro atoms. The highest BCUT2D eigenvalue weighted by atomic mass is 35.5. The van der Waals surface area contributed by atoms with Gasteiger partial charge in [-0.25, -0.2) is 0 Å². The quantitative estimate of drug-likeness (QED) is 0.698. The second-order valence-corrected chi connectivity index (χ2v) is 4.94. The van der Waals surface area contributed by atoms with E-state index in [9.17, 15) is 0 Å². The van der Waals surface area contributed by atoms with E-state index in [1.54, 1.807) is 0 Å². The van der Waals surface area contributed by atoms with Crippen LogP contribution in [0.3, 0.4) is 0 Å². The van der Waals surface area contributed by atoms with E-state index in [2.05, 4.69) is 39.3 Å². The van der Waals surface area contributed by atoms with Crippen LogP contribution in [0.25, 0.3) is 0 Å². The molecule has 0 saturated heterocycles. The number of hydrogen-bond donors (Lipinski definition) is 0. The van der Waals surface area contributed by atoms with Crippen LogP contribution in [0.5, 0.6) is 0 Å². The van der Waals surface area contributed by atoms with Crippen molar-refractivity contribution in [2.45, 2.75) is 13.5 Å². The molecule has 3 heteroatoms. The normalized spacial score (nSPS) is 10.9. The SMILES string of the molecule is Cc1ccc(C[N+](C)(C)C)cc1Cl.[OH-]. The summed E-state index contributed by atoms with van der Waals surface area (Å²) in [5.74, 6) is 0. The molecule has 2 nitrogen and oxygen atoms in total. The van der Waals surface area contributed by atoms with Crippen molar-refractivity contribution < 1.29 is 9.96 Å². The molecule has 0 fully saturated rings. The van der Waals surface area contributed by atoms with Crippen molar-refractivity contribution in [1.82, 2.24) is 0 Å². The van der Waals surface area contributed by atoms with Crippen molar-refractivity contribution in [1.29, 1.82) is 0 Å². The van der Waals surface area contributed by atoms with E-state index in [0.717, 1.165) is 21.6 Å². The number of benzene rings is 1. The highest BCUT2D eigenvalue weighted by Gasteiger charge is 2.08. The predicted molar refractivity (Wildman–Crippen MR) is 59.9 cm³/mol. The Morgan fingerprint density at radius 2 is 1.79 bits per heavy atom. The maximum absolute atomic E-state index is 6.04. The smallest absolute Gasteiger partial charge is 0.104 e. The number of rotatable bonds is 2. The van der Waals surface area contributed by atoms with Gasteiger partial charge in [0, 0.05) is 10.6 Å². The van der Waals surface area contributed by atoms with Gasteiger partial charge in [-0.05, 0) is 18.6 Å². The Kier molecular flexibility index (Phi) is 4.59. The molecule has 14 heavy (non-hydrogen) atoms. The van der Waals surface area contributed by atoms with Gasteiger partial charge in [0.05, 0.1) is 21.1 Å². The number of nitrogens with zero attached hydrogens (tertiary/aromatic N) is 1. The maximum Gasteiger partial charge on any atom is 0.104 e. The number of aryl methyl sites for hydroxylation is 1. The molecule has 0 aliphatic carbocycles. The van der Waals surface area contributed by atoms with Crippen molar-refractivity contribution in [2.24, 2.45) is 0 Å². The first kappa shape index (κ1) is 13.4. The first-order valence-corrected chi connectivity index (χ1v) is 4.82. The van der Waals surface area contributed by atoms with Gasteiger partial charge in [0.1, 0.15) is 6.54 Å². The first-order chi connectivity index (χ1) is 5.88. The third-order valence-electron chi connectivity index (χ3n) is 1.89. The van der Waals surface area contributed by atoms with Gasteiger partial charge >= 0.3 is 0 Å². The highest BCUT2D eigenvalue weighted by Crippen LogP contribution is 2.18. The average Bonchev–Trinajstić information content (AvgIpc) is 1.94. The summed E-state index contributed by atoms with van der Waals surface area (Å²) in [6, 6.07) is 6.28. The van der Waals surface area contributed by atoms with Crippen LogP contribution in [0.2, 0.25) is 5.02 Å². The average molecular weight is 216 g/mol. The fourth-order valence-electron chi connectivity index (χ4n) is 1.28. The number of hydrogen-bond acceptors (Lipinski definition) is 1. The molecule has 1 aromatic carbocycles. The van der Waals surface area contributed by atoms with Crippen molar-refractivity contribution in [3.8, 4) is 0 Å². The van der Waals surface area contributed by atoms with Crippen LogP contribution in [0.15, 0.2) is 18.2 Å². The Morgan fingerprint density at radius 1 is 1.21 bits per heavy atom. The van der Waals surface area contributed by atoms with Crippen LogP contribution in [0.1, 0.15) is 11.1 Å². The molecule has 0 aromatic heterocycles. The first-order valence-electron chi connectivity index (χ1n) is 4.44. The second-order valence-electron chi connectivity index (χ2n) is 4.53. The second kappa shape index (κ2) is 4.78. The van der Waals surface area contributed by atoms with Gasteiger partial charge in [0.2, 0.25) is 0 Å². The largest absolute Gasteiger partial charge is 0.870 e. The van der Waals surface area contributed by atoms with Crippen LogP contribution < -0.4 is 0 Å². The lowest BCUT2D eigenvalue weighted by Crippen LogP contribution is -2.33. The molecule has 1 aromatic rings. The molecule has 0 aliphatic heterocycles. The van der Waals surface area contributed by atoms with Crippen LogP contribution in [0.4, 0.5) is 0 Å². The summed E-state index contributed by atoms with van der Waals surface area (Å²) < 4.78 is 0.930. The molecule has 1 N–H and O–H groups in total. The molecule has 0 saturated carbocycles. The summed E-state index contributed by atoms with van der Waals surface area (Å²) in [7, 11) is 6.52. The summed E-state index contributed by atoms with van der Waals surface area (Å²) in [5, 5.41) is 0.867. The summed E-state index contributed by atoms with van der Waals surface area (Å²) in [6.07, 6.45) is 0. The van der Waals surface area contributed by atoms with Gasteiger partial charge in [0.25, 0.3) is 0 Å². The lowest BCUT2D eigenvalue weighted by molar-refractivity contribution is -0.884. The van der Waals surface area contributed by atoms with E-state index in [0.29, 0.717) is 0 Å². The number of halogens is 1. The van der Waals surface area contributed by atoms with E-state index in [1.165, 1.54) is 5.56 Å². The molecule has 0 bridgehead atoms. The van der Waals surface area contributed by atoms with E-state index in [-0.39, 0.29) is 5.48 Å². The van der Waals surface area contributed by atoms with Gasteiger partial charge in [-0.3, -0.25) is 0 Å². The van der Waals surface area contributed by atoms with E-state index in [1.807, 2.05) is 6.92 Å². The van der Waals surface area contributed by atoms with Crippen LogP contribution in [-0.4, -0.2) is 31.1 Å². The minimum atomic E-state index is 0. The Hall–Kier alpha value is -0.570. The zero-order chi connectivity index (χ0) is 10.1. The molecule has 0 radical (unpaired) electrons. The highest BCUT2D eigenvalue weighted by molar-refractivity contribution is 6.31. The van der Waals surface area contributed by atoms with Crippen LogP contribution >= 0.6 is 11.6 Å². The van der Waals surface area contributed by atoms with Crippen LogP contribution in [0, 0.1) is 6.92 Å². The molecule has 0 heterocycles. The lowest BCUT2D eigenvalue weighted by Gasteiger charge is -2.24. The van der Waals surface area contributed by atoms with Gasteiger partial charge in [0.15, 0.2) is 0 Å². The maximum atomic E-state index is 6.04. The monoisotopic (exact) mass is 215 g/mol. The van der Waals surface area contributed by atoms with E-state index in [4.69, 9.17) is 11.6 Å². The van der Waals surface area contributed by atoms with Crippen molar-refractivity contribution in [3.63, 3.8) is 0 Å². The zero-order valence-electron chi connectivity index (χ0n) is 9.21. The van der Waals surface area contributed by atoms with Crippen molar-refractivity contribution in [2.75, 3.05) is 21.1 Å². The summed E-state index contributed by atoms with van der Waals surface area (Å²) in [6.45, 7) is 3.04. The van der Waals surface area contributed by atoms with Gasteiger partial charge < -0.3 is 9.96 Å². The molecular weight excluding hydrogens is 198 g/mol. The lowest BCUT2D eigenvalue weighted by atomic mass is 10.1. The predicted octanol–water partition coefficient (Wildman–Crippen LogP) is 2.68. The van der Waals surface area contributed by atoms with Crippen molar-refractivity contribution in [3.05, 3.63) is 34.3 Å². The number of quaternary nitrogens is 1. The Bertz CT molecular complexity index is 305. The topological polar surface area (TPSA) is 30.0 Å². The minimum Gasteiger partial charge on any atom is -0.870 e. The van der Waals surface area contributed by atoms with Crippen LogP contribution in [-0.2, 0) is 6.54 Å². The Morgan fingerprint density at radius 3 is 2.21 bits per heavy atom. The Balaban J connectivity index is 0.00000169. The van der Waals surface area contributed by atoms with Crippen molar-refractivity contribution >= 4 is 11.6 Å². The molecule has 80 valence electrons. The molecule has 0 unspecified atom stereocenters. The molecule has 0 atom stereocenters. The third kappa shape index (κ3) is 4.09. The third-order valence-corrected chi connectivity index (χ3v) is 2.30. The zero-order valence-corrected chi connectivity index (χ0v) is 9.97. The molecule has 1 rings (SSSR count). The van der Waals surface area contributed by atoms with E-state index < -0.39 is 0 Å². The summed E-state index contributed by atoms with van der Waals surface area (Å²) >= 11 is 6.04. The summed E-state index contributed by atoms with van der Waals surface area (Å²) in [5.41, 5.74) is 2.44. The standard InChI is InChI=1S/C11H17ClN.H2O/c1-9-5-6-10(7-11(9)12)8-13(2,3)4;/h5-7H,8H2,1-4H3;1H2/q+1;/p-1. The fourth-order valence-corrected chi connectivity index (χ4v) is 1.49. The minimum absolute atomic E-state index is 0. The summed E-state index contributed by atoms with van der Waals surface area (Å²) in [4.78, 5) is 0. The Labute approximate surface area is 91.0 Å². The molecule has 0 amide bonds.